The molecule has 0 saturated heterocycles. The zero-order valence-electron chi connectivity index (χ0n) is 10.4. The second-order valence-electron chi connectivity index (χ2n) is 4.91. The molecule has 0 bridgehead atoms. The normalized spacial score (nSPS) is 13.8. The Kier molecular flexibility index (Phi) is 4.08. The van der Waals surface area contributed by atoms with Crippen molar-refractivity contribution in [2.45, 2.75) is 33.4 Å². The van der Waals surface area contributed by atoms with Crippen molar-refractivity contribution >= 4 is 0 Å². The highest BCUT2D eigenvalue weighted by molar-refractivity contribution is 5.43. The van der Waals surface area contributed by atoms with Gasteiger partial charge in [-0.05, 0) is 6.92 Å². The van der Waals surface area contributed by atoms with Crippen molar-refractivity contribution in [1.29, 1.82) is 0 Å². The average molecular weight is 240 g/mol. The van der Waals surface area contributed by atoms with E-state index in [1.807, 2.05) is 0 Å². The van der Waals surface area contributed by atoms with Crippen molar-refractivity contribution in [3.8, 4) is 5.75 Å². The van der Waals surface area contributed by atoms with Crippen LogP contribution in [-0.2, 0) is 6.61 Å². The zero-order valence-corrected chi connectivity index (χ0v) is 10.4. The van der Waals surface area contributed by atoms with E-state index in [9.17, 15) is 15.3 Å². The van der Waals surface area contributed by atoms with Crippen LogP contribution in [0.15, 0.2) is 6.20 Å². The molecule has 17 heavy (non-hydrogen) atoms. The number of nitrogens with zero attached hydrogens (tertiary/aromatic N) is 1. The van der Waals surface area contributed by atoms with Gasteiger partial charge in [-0.3, -0.25) is 4.98 Å². The van der Waals surface area contributed by atoms with E-state index < -0.39 is 11.5 Å². The minimum absolute atomic E-state index is 0.00873. The summed E-state index contributed by atoms with van der Waals surface area (Å²) in [5.41, 5.74) is 6.89. The predicted octanol–water partition coefficient (Wildman–Crippen LogP) is 0.606. The number of aliphatic hydroxyl groups excluding tert-OH is 2. The van der Waals surface area contributed by atoms with Crippen LogP contribution in [0.3, 0.4) is 0 Å². The minimum atomic E-state index is -0.588. The number of hydrogen-bond donors (Lipinski definition) is 4. The van der Waals surface area contributed by atoms with Gasteiger partial charge in [-0.15, -0.1) is 0 Å². The van der Waals surface area contributed by atoms with Gasteiger partial charge in [-0.2, -0.15) is 0 Å². The van der Waals surface area contributed by atoms with Gasteiger partial charge in [0.15, 0.2) is 0 Å². The second kappa shape index (κ2) is 5.00. The summed E-state index contributed by atoms with van der Waals surface area (Å²) in [7, 11) is 0. The third kappa shape index (κ3) is 2.57. The van der Waals surface area contributed by atoms with Crippen LogP contribution in [0.2, 0.25) is 0 Å². The van der Waals surface area contributed by atoms with E-state index in [0.29, 0.717) is 16.8 Å². The molecule has 0 amide bonds. The molecule has 1 aromatic heterocycles. The van der Waals surface area contributed by atoms with Crippen molar-refractivity contribution < 1.29 is 15.3 Å². The average Bonchev–Trinajstić information content (AvgIpc) is 2.31. The smallest absolute Gasteiger partial charge is 0.141 e. The summed E-state index contributed by atoms with van der Waals surface area (Å²) in [6, 6.07) is -0.573. The Morgan fingerprint density at radius 3 is 2.47 bits per heavy atom. The fourth-order valence-corrected chi connectivity index (χ4v) is 1.61. The van der Waals surface area contributed by atoms with Gasteiger partial charge in [-0.1, -0.05) is 13.8 Å². The number of aliphatic hydroxyl groups is 2. The third-order valence-electron chi connectivity index (χ3n) is 3.09. The monoisotopic (exact) mass is 240 g/mol. The highest BCUT2D eigenvalue weighted by atomic mass is 16.3. The van der Waals surface area contributed by atoms with Crippen LogP contribution in [0.5, 0.6) is 5.75 Å². The number of hydrogen-bond acceptors (Lipinski definition) is 5. The van der Waals surface area contributed by atoms with Crippen molar-refractivity contribution in [1.82, 2.24) is 4.98 Å². The molecule has 0 spiro atoms. The van der Waals surface area contributed by atoms with Crippen LogP contribution in [-0.4, -0.2) is 26.9 Å². The van der Waals surface area contributed by atoms with Crippen LogP contribution in [0.4, 0.5) is 0 Å². The number of nitrogens with two attached hydrogens (primary N) is 1. The lowest BCUT2D eigenvalue weighted by atomic mass is 9.80. The van der Waals surface area contributed by atoms with Gasteiger partial charge in [0.1, 0.15) is 5.75 Å². The molecule has 96 valence electrons. The Balaban J connectivity index is 3.33. The first-order valence-corrected chi connectivity index (χ1v) is 5.49. The summed E-state index contributed by atoms with van der Waals surface area (Å²) < 4.78 is 0. The van der Waals surface area contributed by atoms with Crippen molar-refractivity contribution in [2.75, 3.05) is 6.61 Å². The molecule has 1 aromatic rings. The van der Waals surface area contributed by atoms with Gasteiger partial charge >= 0.3 is 0 Å². The van der Waals surface area contributed by atoms with E-state index in [4.69, 9.17) is 5.73 Å². The molecule has 5 nitrogen and oxygen atoms in total. The third-order valence-corrected chi connectivity index (χ3v) is 3.09. The topological polar surface area (TPSA) is 99.6 Å². The Bertz CT molecular complexity index is 405. The lowest BCUT2D eigenvalue weighted by Gasteiger charge is -2.31. The molecule has 0 radical (unpaired) electrons. The Labute approximate surface area is 101 Å². The highest BCUT2D eigenvalue weighted by Gasteiger charge is 2.31. The van der Waals surface area contributed by atoms with E-state index in [2.05, 4.69) is 4.98 Å². The minimum Gasteiger partial charge on any atom is -0.506 e. The maximum absolute atomic E-state index is 10.0. The summed E-state index contributed by atoms with van der Waals surface area (Å²) in [6.45, 7) is 4.91. The molecular weight excluding hydrogens is 220 g/mol. The molecule has 5 heteroatoms. The van der Waals surface area contributed by atoms with Crippen LogP contribution in [0.1, 0.15) is 36.7 Å². The van der Waals surface area contributed by atoms with E-state index in [-0.39, 0.29) is 19.0 Å². The van der Waals surface area contributed by atoms with Crippen molar-refractivity contribution in [3.63, 3.8) is 0 Å². The standard InChI is InChI=1S/C12H20N2O3/c1-7-10(17)9(8(5-15)4-14-7)11(13)12(2,3)6-16/h4,11,15-17H,5-6,13H2,1-3H3/t11-/m0/s1. The van der Waals surface area contributed by atoms with Crippen LogP contribution >= 0.6 is 0 Å². The molecule has 0 saturated carbocycles. The molecule has 0 aromatic carbocycles. The van der Waals surface area contributed by atoms with E-state index in [0.717, 1.165) is 0 Å². The summed E-state index contributed by atoms with van der Waals surface area (Å²) in [5, 5.41) is 28.6. The van der Waals surface area contributed by atoms with Crippen LogP contribution in [0.25, 0.3) is 0 Å². The van der Waals surface area contributed by atoms with Gasteiger partial charge in [0, 0.05) is 35.4 Å². The van der Waals surface area contributed by atoms with Crippen molar-refractivity contribution in [3.05, 3.63) is 23.0 Å². The maximum Gasteiger partial charge on any atom is 0.141 e. The highest BCUT2D eigenvalue weighted by Crippen LogP contribution is 2.38. The number of aryl methyl sites for hydroxylation is 1. The molecule has 1 heterocycles. The van der Waals surface area contributed by atoms with Crippen LogP contribution < -0.4 is 5.73 Å². The van der Waals surface area contributed by atoms with E-state index in [1.54, 1.807) is 20.8 Å². The molecule has 0 unspecified atom stereocenters. The predicted molar refractivity (Wildman–Crippen MR) is 64.4 cm³/mol. The summed E-state index contributed by atoms with van der Waals surface area (Å²) >= 11 is 0. The number of pyridine rings is 1. The summed E-state index contributed by atoms with van der Waals surface area (Å²) in [4.78, 5) is 3.97. The van der Waals surface area contributed by atoms with E-state index in [1.165, 1.54) is 6.20 Å². The van der Waals surface area contributed by atoms with Gasteiger partial charge in [0.25, 0.3) is 0 Å². The zero-order chi connectivity index (χ0) is 13.2. The summed E-state index contributed by atoms with van der Waals surface area (Å²) in [6.07, 6.45) is 1.50. The Hall–Kier alpha value is -1.17. The second-order valence-corrected chi connectivity index (χ2v) is 4.91. The molecule has 0 aliphatic heterocycles. The number of aromatic nitrogens is 1. The molecule has 1 rings (SSSR count). The van der Waals surface area contributed by atoms with Gasteiger partial charge < -0.3 is 21.1 Å². The fourth-order valence-electron chi connectivity index (χ4n) is 1.61. The molecule has 0 fully saturated rings. The SMILES string of the molecule is Cc1ncc(CO)c([C@H](N)C(C)(C)CO)c1O. The van der Waals surface area contributed by atoms with Crippen molar-refractivity contribution in [2.24, 2.45) is 11.1 Å². The number of aromatic hydroxyl groups is 1. The van der Waals surface area contributed by atoms with Gasteiger partial charge in [-0.25, -0.2) is 0 Å². The quantitative estimate of drug-likeness (QED) is 0.618. The molecule has 0 aliphatic carbocycles. The molecular formula is C12H20N2O3. The molecule has 1 atom stereocenters. The Morgan fingerprint density at radius 1 is 1.41 bits per heavy atom. The van der Waals surface area contributed by atoms with Gasteiger partial charge in [0.05, 0.1) is 12.3 Å². The largest absolute Gasteiger partial charge is 0.506 e. The lowest BCUT2D eigenvalue weighted by Crippen LogP contribution is -2.33. The lowest BCUT2D eigenvalue weighted by molar-refractivity contribution is 0.130. The first-order valence-electron chi connectivity index (χ1n) is 5.49. The first kappa shape index (κ1) is 13.9. The first-order chi connectivity index (χ1) is 7.85. The Morgan fingerprint density at radius 2 is 2.00 bits per heavy atom. The maximum atomic E-state index is 10.0. The number of rotatable bonds is 4. The van der Waals surface area contributed by atoms with Crippen LogP contribution in [0, 0.1) is 12.3 Å². The van der Waals surface area contributed by atoms with E-state index >= 15 is 0 Å². The fraction of sp³-hybridized carbons (Fsp3) is 0.583. The molecule has 5 N–H and O–H groups in total. The van der Waals surface area contributed by atoms with Gasteiger partial charge in [0.2, 0.25) is 0 Å². The molecule has 0 aliphatic rings. The summed E-state index contributed by atoms with van der Waals surface area (Å²) in [5.74, 6) is -0.00873.